The van der Waals surface area contributed by atoms with Crippen molar-refractivity contribution in [1.29, 1.82) is 0 Å². The van der Waals surface area contributed by atoms with Crippen molar-refractivity contribution in [2.45, 2.75) is 6.92 Å². The van der Waals surface area contributed by atoms with E-state index in [0.717, 1.165) is 4.90 Å². The van der Waals surface area contributed by atoms with Gasteiger partial charge < -0.3 is 5.11 Å². The SMILES string of the molecule is CC(CN1C(=O)CSCC1=O)C(=O)O. The van der Waals surface area contributed by atoms with E-state index in [2.05, 4.69) is 0 Å². The first-order valence-corrected chi connectivity index (χ1v) is 5.31. The second-order valence-corrected chi connectivity index (χ2v) is 4.12. The summed E-state index contributed by atoms with van der Waals surface area (Å²) < 4.78 is 0. The van der Waals surface area contributed by atoms with Crippen LogP contribution in [-0.2, 0) is 14.4 Å². The Labute approximate surface area is 85.4 Å². The molecule has 6 heteroatoms. The van der Waals surface area contributed by atoms with Gasteiger partial charge in [-0.25, -0.2) is 0 Å². The maximum Gasteiger partial charge on any atom is 0.308 e. The Morgan fingerprint density at radius 2 is 2.00 bits per heavy atom. The second-order valence-electron chi connectivity index (χ2n) is 3.13. The first kappa shape index (κ1) is 11.0. The number of imide groups is 1. The van der Waals surface area contributed by atoms with Crippen LogP contribution >= 0.6 is 11.8 Å². The van der Waals surface area contributed by atoms with Crippen LogP contribution in [-0.4, -0.2) is 45.8 Å². The molecule has 1 aliphatic rings. The molecule has 1 fully saturated rings. The fourth-order valence-corrected chi connectivity index (χ4v) is 1.84. The number of nitrogens with zero attached hydrogens (tertiary/aromatic N) is 1. The molecule has 1 saturated heterocycles. The van der Waals surface area contributed by atoms with Crippen molar-refractivity contribution in [1.82, 2.24) is 4.90 Å². The van der Waals surface area contributed by atoms with E-state index in [1.165, 1.54) is 18.7 Å². The topological polar surface area (TPSA) is 74.7 Å². The summed E-state index contributed by atoms with van der Waals surface area (Å²) >= 11 is 1.26. The van der Waals surface area contributed by atoms with Gasteiger partial charge in [0.25, 0.3) is 0 Å². The zero-order valence-electron chi connectivity index (χ0n) is 7.73. The van der Waals surface area contributed by atoms with E-state index in [9.17, 15) is 14.4 Å². The third-order valence-corrected chi connectivity index (χ3v) is 2.83. The molecule has 78 valence electrons. The molecule has 0 aromatic carbocycles. The number of rotatable bonds is 3. The fraction of sp³-hybridized carbons (Fsp3) is 0.625. The number of amides is 2. The van der Waals surface area contributed by atoms with Crippen molar-refractivity contribution in [3.05, 3.63) is 0 Å². The van der Waals surface area contributed by atoms with Gasteiger partial charge in [-0.15, -0.1) is 11.8 Å². The van der Waals surface area contributed by atoms with Gasteiger partial charge in [-0.2, -0.15) is 0 Å². The van der Waals surface area contributed by atoms with E-state index in [1.54, 1.807) is 0 Å². The van der Waals surface area contributed by atoms with Crippen molar-refractivity contribution < 1.29 is 19.5 Å². The molecule has 1 unspecified atom stereocenters. The molecule has 0 spiro atoms. The lowest BCUT2D eigenvalue weighted by molar-refractivity contribution is -0.146. The van der Waals surface area contributed by atoms with Gasteiger partial charge >= 0.3 is 5.97 Å². The molecule has 0 bridgehead atoms. The molecular formula is C8H11NO4S. The summed E-state index contributed by atoms with van der Waals surface area (Å²) in [6, 6.07) is 0. The summed E-state index contributed by atoms with van der Waals surface area (Å²) in [4.78, 5) is 34.1. The first-order valence-electron chi connectivity index (χ1n) is 4.16. The largest absolute Gasteiger partial charge is 0.481 e. The average Bonchev–Trinajstić information content (AvgIpc) is 2.11. The molecule has 0 aromatic heterocycles. The molecular weight excluding hydrogens is 206 g/mol. The quantitative estimate of drug-likeness (QED) is 0.663. The Balaban J connectivity index is 2.61. The Kier molecular flexibility index (Phi) is 3.51. The molecule has 0 radical (unpaired) electrons. The van der Waals surface area contributed by atoms with Crippen molar-refractivity contribution in [2.75, 3.05) is 18.1 Å². The number of hydrogen-bond donors (Lipinski definition) is 1. The van der Waals surface area contributed by atoms with Gasteiger partial charge in [0.2, 0.25) is 11.8 Å². The summed E-state index contributed by atoms with van der Waals surface area (Å²) in [7, 11) is 0. The Hall–Kier alpha value is -1.04. The molecule has 1 N–H and O–H groups in total. The zero-order valence-corrected chi connectivity index (χ0v) is 8.54. The average molecular weight is 217 g/mol. The number of carboxylic acid groups (broad SMARTS) is 1. The molecule has 0 aliphatic carbocycles. The third kappa shape index (κ3) is 2.47. The van der Waals surface area contributed by atoms with Gasteiger partial charge in [-0.3, -0.25) is 19.3 Å². The minimum atomic E-state index is -0.996. The molecule has 1 rings (SSSR count). The van der Waals surface area contributed by atoms with Gasteiger partial charge in [0.05, 0.1) is 17.4 Å². The van der Waals surface area contributed by atoms with Crippen molar-refractivity contribution in [3.63, 3.8) is 0 Å². The van der Waals surface area contributed by atoms with Crippen LogP contribution in [0.4, 0.5) is 0 Å². The van der Waals surface area contributed by atoms with Crippen LogP contribution in [0.3, 0.4) is 0 Å². The van der Waals surface area contributed by atoms with E-state index >= 15 is 0 Å². The zero-order chi connectivity index (χ0) is 10.7. The summed E-state index contributed by atoms with van der Waals surface area (Å²) in [6.45, 7) is 1.46. The highest BCUT2D eigenvalue weighted by Gasteiger charge is 2.29. The first-order chi connectivity index (χ1) is 6.52. The predicted octanol–water partition coefficient (Wildman–Crippen LogP) is -0.191. The standard InChI is InChI=1S/C8H11NO4S/c1-5(8(12)13)2-9-6(10)3-14-4-7(9)11/h5H,2-4H2,1H3,(H,12,13). The lowest BCUT2D eigenvalue weighted by Crippen LogP contribution is -2.46. The molecule has 1 atom stereocenters. The van der Waals surface area contributed by atoms with Crippen LogP contribution in [0.25, 0.3) is 0 Å². The lowest BCUT2D eigenvalue weighted by Gasteiger charge is -2.25. The predicted molar refractivity (Wildman–Crippen MR) is 50.8 cm³/mol. The van der Waals surface area contributed by atoms with Crippen LogP contribution in [0.2, 0.25) is 0 Å². The number of carboxylic acids is 1. The minimum absolute atomic E-state index is 0.0203. The van der Waals surface area contributed by atoms with Gasteiger partial charge in [-0.05, 0) is 0 Å². The maximum atomic E-state index is 11.3. The van der Waals surface area contributed by atoms with Crippen molar-refractivity contribution >= 4 is 29.5 Å². The van der Waals surface area contributed by atoms with E-state index in [1.807, 2.05) is 0 Å². The Morgan fingerprint density at radius 3 is 2.43 bits per heavy atom. The number of hydrogen-bond acceptors (Lipinski definition) is 4. The smallest absolute Gasteiger partial charge is 0.308 e. The summed E-state index contributed by atoms with van der Waals surface area (Å²) in [5.74, 6) is -1.76. The highest BCUT2D eigenvalue weighted by atomic mass is 32.2. The fourth-order valence-electron chi connectivity index (χ4n) is 1.08. The number of carbonyl (C=O) groups excluding carboxylic acids is 2. The van der Waals surface area contributed by atoms with E-state index in [4.69, 9.17) is 5.11 Å². The number of carbonyl (C=O) groups is 3. The summed E-state index contributed by atoms with van der Waals surface area (Å²) in [6.07, 6.45) is 0. The maximum absolute atomic E-state index is 11.3. The Morgan fingerprint density at radius 1 is 1.50 bits per heavy atom. The van der Waals surface area contributed by atoms with Crippen molar-refractivity contribution in [2.24, 2.45) is 5.92 Å². The van der Waals surface area contributed by atoms with Crippen molar-refractivity contribution in [3.8, 4) is 0 Å². The molecule has 0 aromatic rings. The van der Waals surface area contributed by atoms with Crippen LogP contribution in [0, 0.1) is 5.92 Å². The summed E-state index contributed by atoms with van der Waals surface area (Å²) in [5, 5.41) is 8.63. The molecule has 1 heterocycles. The molecule has 5 nitrogen and oxygen atoms in total. The van der Waals surface area contributed by atoms with Gasteiger partial charge in [0.15, 0.2) is 0 Å². The second kappa shape index (κ2) is 4.45. The molecule has 14 heavy (non-hydrogen) atoms. The lowest BCUT2D eigenvalue weighted by atomic mass is 10.1. The molecule has 0 saturated carbocycles. The number of aliphatic carboxylic acids is 1. The third-order valence-electron chi connectivity index (χ3n) is 1.93. The van der Waals surface area contributed by atoms with Crippen LogP contribution in [0.15, 0.2) is 0 Å². The monoisotopic (exact) mass is 217 g/mol. The molecule has 1 aliphatic heterocycles. The van der Waals surface area contributed by atoms with Gasteiger partial charge in [0.1, 0.15) is 0 Å². The van der Waals surface area contributed by atoms with E-state index in [-0.39, 0.29) is 29.9 Å². The van der Waals surface area contributed by atoms with Gasteiger partial charge in [-0.1, -0.05) is 6.92 Å². The van der Waals surface area contributed by atoms with Crippen LogP contribution in [0.5, 0.6) is 0 Å². The van der Waals surface area contributed by atoms with Gasteiger partial charge in [0, 0.05) is 6.54 Å². The highest BCUT2D eigenvalue weighted by Crippen LogP contribution is 2.13. The number of thioether (sulfide) groups is 1. The normalized spacial score (nSPS) is 19.6. The van der Waals surface area contributed by atoms with E-state index in [0.29, 0.717) is 0 Å². The minimum Gasteiger partial charge on any atom is -0.481 e. The van der Waals surface area contributed by atoms with Crippen LogP contribution in [0.1, 0.15) is 6.92 Å². The summed E-state index contributed by atoms with van der Waals surface area (Å²) in [5.41, 5.74) is 0. The molecule has 2 amide bonds. The Bertz CT molecular complexity index is 263. The highest BCUT2D eigenvalue weighted by molar-refractivity contribution is 8.00. The van der Waals surface area contributed by atoms with E-state index < -0.39 is 11.9 Å². The van der Waals surface area contributed by atoms with Crippen LogP contribution < -0.4 is 0 Å².